The maximum atomic E-state index is 10.2. The molecule has 0 aromatic carbocycles. The highest BCUT2D eigenvalue weighted by atomic mass is 16.4. The van der Waals surface area contributed by atoms with Gasteiger partial charge < -0.3 is 5.11 Å². The van der Waals surface area contributed by atoms with Crippen LogP contribution in [-0.2, 0) is 11.2 Å². The Balaban J connectivity index is 2.45. The highest BCUT2D eigenvalue weighted by Gasteiger charge is 2.01. The number of rotatable bonds is 4. The van der Waals surface area contributed by atoms with Crippen LogP contribution >= 0.6 is 0 Å². The van der Waals surface area contributed by atoms with Gasteiger partial charge in [0.15, 0.2) is 0 Å². The van der Waals surface area contributed by atoms with E-state index in [1.54, 1.807) is 12.4 Å². The molecule has 0 radical (unpaired) electrons. The summed E-state index contributed by atoms with van der Waals surface area (Å²) in [7, 11) is 0. The molecule has 0 bridgehead atoms. The van der Waals surface area contributed by atoms with Crippen molar-refractivity contribution in [2.75, 3.05) is 0 Å². The fourth-order valence-corrected chi connectivity index (χ4v) is 1.09. The number of hydrogen-bond donors (Lipinski definition) is 1. The monoisotopic (exact) mass is 180 g/mol. The van der Waals surface area contributed by atoms with Crippen LogP contribution in [0.4, 0.5) is 0 Å². The van der Waals surface area contributed by atoms with Crippen molar-refractivity contribution in [2.24, 2.45) is 0 Å². The van der Waals surface area contributed by atoms with Crippen LogP contribution in [0.5, 0.6) is 0 Å². The van der Waals surface area contributed by atoms with E-state index >= 15 is 0 Å². The first-order valence-corrected chi connectivity index (χ1v) is 4.18. The van der Waals surface area contributed by atoms with Crippen LogP contribution < -0.4 is 0 Å². The van der Waals surface area contributed by atoms with Crippen LogP contribution in [0.25, 0.3) is 0 Å². The maximum absolute atomic E-state index is 10.2. The Morgan fingerprint density at radius 1 is 1.46 bits per heavy atom. The summed E-state index contributed by atoms with van der Waals surface area (Å²) in [6.45, 7) is 1.88. The van der Waals surface area contributed by atoms with Crippen molar-refractivity contribution in [3.05, 3.63) is 23.8 Å². The summed E-state index contributed by atoms with van der Waals surface area (Å²) in [4.78, 5) is 18.4. The molecule has 1 aromatic heterocycles. The third-order valence-electron chi connectivity index (χ3n) is 1.79. The number of carboxylic acid groups (broad SMARTS) is 1. The minimum absolute atomic E-state index is 0.190. The van der Waals surface area contributed by atoms with Gasteiger partial charge in [0, 0.05) is 18.8 Å². The summed E-state index contributed by atoms with van der Waals surface area (Å²) >= 11 is 0. The van der Waals surface area contributed by atoms with Crippen molar-refractivity contribution < 1.29 is 9.90 Å². The first-order chi connectivity index (χ1) is 6.20. The lowest BCUT2D eigenvalue weighted by molar-refractivity contribution is -0.137. The van der Waals surface area contributed by atoms with Gasteiger partial charge in [0.2, 0.25) is 0 Å². The van der Waals surface area contributed by atoms with Gasteiger partial charge in [0.25, 0.3) is 0 Å². The standard InChI is InChI=1S/C9H12N2O2/c1-7-8(11-6-5-10-7)3-2-4-9(12)13/h5-6H,2-4H2,1H3,(H,12,13). The van der Waals surface area contributed by atoms with Crippen LogP contribution in [0.3, 0.4) is 0 Å². The third kappa shape index (κ3) is 3.19. The van der Waals surface area contributed by atoms with E-state index in [2.05, 4.69) is 9.97 Å². The van der Waals surface area contributed by atoms with Crippen molar-refractivity contribution in [3.8, 4) is 0 Å². The molecule has 0 unspecified atom stereocenters. The number of carboxylic acids is 1. The lowest BCUT2D eigenvalue weighted by Gasteiger charge is -2.00. The number of carbonyl (C=O) groups is 1. The Bertz CT molecular complexity index is 299. The summed E-state index contributed by atoms with van der Waals surface area (Å²) in [6.07, 6.45) is 4.76. The smallest absolute Gasteiger partial charge is 0.303 e. The highest BCUT2D eigenvalue weighted by Crippen LogP contribution is 2.04. The van der Waals surface area contributed by atoms with Crippen molar-refractivity contribution in [2.45, 2.75) is 26.2 Å². The van der Waals surface area contributed by atoms with Gasteiger partial charge in [-0.15, -0.1) is 0 Å². The second-order valence-electron chi connectivity index (χ2n) is 2.84. The van der Waals surface area contributed by atoms with E-state index in [-0.39, 0.29) is 6.42 Å². The second-order valence-corrected chi connectivity index (χ2v) is 2.84. The molecule has 0 saturated heterocycles. The number of nitrogens with zero attached hydrogens (tertiary/aromatic N) is 2. The van der Waals surface area contributed by atoms with Crippen LogP contribution in [0, 0.1) is 6.92 Å². The van der Waals surface area contributed by atoms with Crippen LogP contribution in [-0.4, -0.2) is 21.0 Å². The number of aromatic nitrogens is 2. The van der Waals surface area contributed by atoms with Gasteiger partial charge in [-0.05, 0) is 19.8 Å². The number of hydrogen-bond acceptors (Lipinski definition) is 3. The van der Waals surface area contributed by atoms with Gasteiger partial charge in [0.05, 0.1) is 11.4 Å². The Kier molecular flexibility index (Phi) is 3.37. The summed E-state index contributed by atoms with van der Waals surface area (Å²) < 4.78 is 0. The van der Waals surface area contributed by atoms with Crippen LogP contribution in [0.2, 0.25) is 0 Å². The first-order valence-electron chi connectivity index (χ1n) is 4.18. The van der Waals surface area contributed by atoms with E-state index in [1.807, 2.05) is 6.92 Å². The average Bonchev–Trinajstić information content (AvgIpc) is 2.08. The molecule has 0 atom stereocenters. The Hall–Kier alpha value is -1.45. The van der Waals surface area contributed by atoms with Crippen LogP contribution in [0.15, 0.2) is 12.4 Å². The summed E-state index contributed by atoms with van der Waals surface area (Å²) in [5.74, 6) is -0.762. The molecule has 70 valence electrons. The van der Waals surface area contributed by atoms with E-state index < -0.39 is 5.97 Å². The predicted octanol–water partition coefficient (Wildman–Crippen LogP) is 1.19. The molecule has 0 aliphatic rings. The Morgan fingerprint density at radius 3 is 2.77 bits per heavy atom. The topological polar surface area (TPSA) is 63.1 Å². The predicted molar refractivity (Wildman–Crippen MR) is 47.3 cm³/mol. The third-order valence-corrected chi connectivity index (χ3v) is 1.79. The molecular formula is C9H12N2O2. The van der Waals surface area contributed by atoms with Gasteiger partial charge in [-0.2, -0.15) is 0 Å². The van der Waals surface area contributed by atoms with Gasteiger partial charge in [0.1, 0.15) is 0 Å². The van der Waals surface area contributed by atoms with Crippen molar-refractivity contribution in [1.82, 2.24) is 9.97 Å². The fourth-order valence-electron chi connectivity index (χ4n) is 1.09. The van der Waals surface area contributed by atoms with Gasteiger partial charge in [-0.25, -0.2) is 0 Å². The fraction of sp³-hybridized carbons (Fsp3) is 0.444. The number of aliphatic carboxylic acids is 1. The van der Waals surface area contributed by atoms with Crippen molar-refractivity contribution in [1.29, 1.82) is 0 Å². The molecule has 0 fully saturated rings. The molecule has 0 aliphatic carbocycles. The quantitative estimate of drug-likeness (QED) is 0.756. The molecule has 13 heavy (non-hydrogen) atoms. The molecule has 4 nitrogen and oxygen atoms in total. The van der Waals surface area contributed by atoms with Crippen molar-refractivity contribution >= 4 is 5.97 Å². The molecule has 1 aromatic rings. The number of aryl methyl sites for hydroxylation is 2. The zero-order valence-electron chi connectivity index (χ0n) is 7.53. The molecule has 1 N–H and O–H groups in total. The average molecular weight is 180 g/mol. The Labute approximate surface area is 76.7 Å². The van der Waals surface area contributed by atoms with Gasteiger partial charge >= 0.3 is 5.97 Å². The molecule has 0 saturated carbocycles. The maximum Gasteiger partial charge on any atom is 0.303 e. The van der Waals surface area contributed by atoms with Gasteiger partial charge in [-0.1, -0.05) is 0 Å². The molecule has 1 heterocycles. The summed E-state index contributed by atoms with van der Waals surface area (Å²) in [5, 5.41) is 8.42. The molecule has 0 spiro atoms. The van der Waals surface area contributed by atoms with E-state index in [0.29, 0.717) is 12.8 Å². The lowest BCUT2D eigenvalue weighted by atomic mass is 10.1. The second kappa shape index (κ2) is 4.54. The molecule has 1 rings (SSSR count). The molecule has 0 aliphatic heterocycles. The molecule has 4 heteroatoms. The Morgan fingerprint density at radius 2 is 2.15 bits per heavy atom. The summed E-state index contributed by atoms with van der Waals surface area (Å²) in [5.41, 5.74) is 1.77. The highest BCUT2D eigenvalue weighted by molar-refractivity contribution is 5.66. The lowest BCUT2D eigenvalue weighted by Crippen LogP contribution is -1.99. The largest absolute Gasteiger partial charge is 0.481 e. The normalized spacial score (nSPS) is 9.92. The van der Waals surface area contributed by atoms with Gasteiger partial charge in [-0.3, -0.25) is 14.8 Å². The van der Waals surface area contributed by atoms with Crippen molar-refractivity contribution in [3.63, 3.8) is 0 Å². The van der Waals surface area contributed by atoms with E-state index in [4.69, 9.17) is 5.11 Å². The summed E-state index contributed by atoms with van der Waals surface area (Å²) in [6, 6.07) is 0. The van der Waals surface area contributed by atoms with E-state index in [1.165, 1.54) is 0 Å². The van der Waals surface area contributed by atoms with Crippen LogP contribution in [0.1, 0.15) is 24.2 Å². The van der Waals surface area contributed by atoms with E-state index in [0.717, 1.165) is 11.4 Å². The minimum atomic E-state index is -0.762. The SMILES string of the molecule is Cc1nccnc1CCCC(=O)O. The molecule has 0 amide bonds. The van der Waals surface area contributed by atoms with E-state index in [9.17, 15) is 4.79 Å². The zero-order chi connectivity index (χ0) is 9.68. The zero-order valence-corrected chi connectivity index (χ0v) is 7.53. The first kappa shape index (κ1) is 9.64. The molecular weight excluding hydrogens is 168 g/mol. The minimum Gasteiger partial charge on any atom is -0.481 e.